The fraction of sp³-hybridized carbons (Fsp3) is 0.188. The van der Waals surface area contributed by atoms with Crippen LogP contribution in [0.5, 0.6) is 0 Å². The number of benzene rings is 2. The van der Waals surface area contributed by atoms with E-state index in [4.69, 9.17) is 0 Å². The zero-order chi connectivity index (χ0) is 12.4. The smallest absolute Gasteiger partial charge is 0.169 e. The van der Waals surface area contributed by atoms with Gasteiger partial charge in [0.05, 0.1) is 5.92 Å². The van der Waals surface area contributed by atoms with Gasteiger partial charge in [0.25, 0.3) is 0 Å². The van der Waals surface area contributed by atoms with E-state index in [0.717, 1.165) is 18.7 Å². The molecule has 3 rings (SSSR count). The molecule has 1 aliphatic heterocycles. The van der Waals surface area contributed by atoms with Crippen LogP contribution in [0.4, 0.5) is 5.69 Å². The Kier molecular flexibility index (Phi) is 2.85. The molecule has 0 aliphatic carbocycles. The molecule has 0 amide bonds. The first-order chi connectivity index (χ1) is 8.84. The number of anilines is 1. The van der Waals surface area contributed by atoms with Gasteiger partial charge in [0, 0.05) is 24.3 Å². The lowest BCUT2D eigenvalue weighted by Gasteiger charge is -2.40. The van der Waals surface area contributed by atoms with E-state index in [1.165, 1.54) is 5.69 Å². The maximum absolute atomic E-state index is 12.2. The molecule has 0 spiro atoms. The number of rotatable bonds is 3. The van der Waals surface area contributed by atoms with Crippen LogP contribution in [0.1, 0.15) is 10.4 Å². The summed E-state index contributed by atoms with van der Waals surface area (Å²) < 4.78 is 0. The summed E-state index contributed by atoms with van der Waals surface area (Å²) in [6.45, 7) is 1.66. The summed E-state index contributed by atoms with van der Waals surface area (Å²) in [6.07, 6.45) is 0. The molecule has 0 radical (unpaired) electrons. The molecule has 0 aromatic heterocycles. The molecule has 90 valence electrons. The Bertz CT molecular complexity index is 530. The van der Waals surface area contributed by atoms with Crippen molar-refractivity contribution < 1.29 is 4.79 Å². The van der Waals surface area contributed by atoms with Gasteiger partial charge in [-0.05, 0) is 12.1 Å². The SMILES string of the molecule is O=C(c1ccccc1)C1CN(c2ccccc2)C1. The molecular formula is C16H15NO. The fourth-order valence-electron chi connectivity index (χ4n) is 2.33. The van der Waals surface area contributed by atoms with Crippen molar-refractivity contribution >= 4 is 11.5 Å². The summed E-state index contributed by atoms with van der Waals surface area (Å²) >= 11 is 0. The first-order valence-corrected chi connectivity index (χ1v) is 6.24. The first kappa shape index (κ1) is 11.0. The fourth-order valence-corrected chi connectivity index (χ4v) is 2.33. The van der Waals surface area contributed by atoms with Crippen molar-refractivity contribution in [1.29, 1.82) is 0 Å². The van der Waals surface area contributed by atoms with E-state index < -0.39 is 0 Å². The van der Waals surface area contributed by atoms with Crippen LogP contribution in [0.25, 0.3) is 0 Å². The molecule has 2 aromatic rings. The van der Waals surface area contributed by atoms with E-state index >= 15 is 0 Å². The zero-order valence-electron chi connectivity index (χ0n) is 10.1. The number of hydrogen-bond donors (Lipinski definition) is 0. The molecule has 18 heavy (non-hydrogen) atoms. The monoisotopic (exact) mass is 237 g/mol. The third-order valence-corrected chi connectivity index (χ3v) is 3.43. The van der Waals surface area contributed by atoms with Crippen molar-refractivity contribution in [3.8, 4) is 0 Å². The maximum Gasteiger partial charge on any atom is 0.169 e. The van der Waals surface area contributed by atoms with Crippen molar-refractivity contribution in [1.82, 2.24) is 0 Å². The Labute approximate surface area is 107 Å². The summed E-state index contributed by atoms with van der Waals surface area (Å²) in [6, 6.07) is 19.8. The van der Waals surface area contributed by atoms with Gasteiger partial charge in [0.1, 0.15) is 0 Å². The van der Waals surface area contributed by atoms with Gasteiger partial charge < -0.3 is 4.90 Å². The average molecular weight is 237 g/mol. The minimum absolute atomic E-state index is 0.146. The van der Waals surface area contributed by atoms with Gasteiger partial charge in [-0.1, -0.05) is 48.5 Å². The average Bonchev–Trinajstić information content (AvgIpc) is 2.39. The van der Waals surface area contributed by atoms with Crippen molar-refractivity contribution in [2.75, 3.05) is 18.0 Å². The van der Waals surface area contributed by atoms with Crippen LogP contribution in [0.15, 0.2) is 60.7 Å². The van der Waals surface area contributed by atoms with Gasteiger partial charge in [-0.2, -0.15) is 0 Å². The lowest BCUT2D eigenvalue weighted by molar-refractivity contribution is 0.0897. The topological polar surface area (TPSA) is 20.3 Å². The number of carbonyl (C=O) groups is 1. The van der Waals surface area contributed by atoms with E-state index in [9.17, 15) is 4.79 Å². The quantitative estimate of drug-likeness (QED) is 0.765. The Morgan fingerprint density at radius 3 is 2.06 bits per heavy atom. The molecule has 1 heterocycles. The van der Waals surface area contributed by atoms with E-state index in [0.29, 0.717) is 0 Å². The predicted molar refractivity (Wildman–Crippen MR) is 72.9 cm³/mol. The molecule has 2 nitrogen and oxygen atoms in total. The van der Waals surface area contributed by atoms with Crippen LogP contribution in [-0.4, -0.2) is 18.9 Å². The van der Waals surface area contributed by atoms with Crippen molar-refractivity contribution in [2.45, 2.75) is 0 Å². The van der Waals surface area contributed by atoms with Crippen LogP contribution in [0.3, 0.4) is 0 Å². The summed E-state index contributed by atoms with van der Waals surface area (Å²) in [4.78, 5) is 14.4. The van der Waals surface area contributed by atoms with E-state index in [1.807, 2.05) is 48.5 Å². The molecule has 0 N–H and O–H groups in total. The maximum atomic E-state index is 12.2. The van der Waals surface area contributed by atoms with Crippen LogP contribution in [-0.2, 0) is 0 Å². The number of hydrogen-bond acceptors (Lipinski definition) is 2. The van der Waals surface area contributed by atoms with Crippen LogP contribution < -0.4 is 4.90 Å². The van der Waals surface area contributed by atoms with Crippen molar-refractivity contribution in [3.05, 3.63) is 66.2 Å². The third-order valence-electron chi connectivity index (χ3n) is 3.43. The van der Waals surface area contributed by atoms with E-state index in [2.05, 4.69) is 17.0 Å². The van der Waals surface area contributed by atoms with E-state index in [-0.39, 0.29) is 11.7 Å². The molecule has 1 aliphatic rings. The van der Waals surface area contributed by atoms with Crippen LogP contribution >= 0.6 is 0 Å². The first-order valence-electron chi connectivity index (χ1n) is 6.24. The van der Waals surface area contributed by atoms with Crippen molar-refractivity contribution in [3.63, 3.8) is 0 Å². The normalized spacial score (nSPS) is 15.2. The largest absolute Gasteiger partial charge is 0.370 e. The second-order valence-electron chi connectivity index (χ2n) is 4.67. The van der Waals surface area contributed by atoms with Gasteiger partial charge in [-0.25, -0.2) is 0 Å². The number of para-hydroxylation sites is 1. The van der Waals surface area contributed by atoms with E-state index in [1.54, 1.807) is 0 Å². The minimum Gasteiger partial charge on any atom is -0.370 e. The molecule has 1 fully saturated rings. The summed E-state index contributed by atoms with van der Waals surface area (Å²) in [5.41, 5.74) is 2.03. The summed E-state index contributed by atoms with van der Waals surface area (Å²) in [5.74, 6) is 0.412. The highest BCUT2D eigenvalue weighted by atomic mass is 16.1. The molecule has 0 bridgehead atoms. The lowest BCUT2D eigenvalue weighted by atomic mass is 9.90. The highest BCUT2D eigenvalue weighted by Gasteiger charge is 2.32. The highest BCUT2D eigenvalue weighted by molar-refractivity contribution is 5.99. The van der Waals surface area contributed by atoms with Gasteiger partial charge in [-0.15, -0.1) is 0 Å². The third kappa shape index (κ3) is 2.02. The number of nitrogens with zero attached hydrogens (tertiary/aromatic N) is 1. The summed E-state index contributed by atoms with van der Waals surface area (Å²) in [7, 11) is 0. The molecule has 0 atom stereocenters. The number of Topliss-reactive ketones (excluding diaryl/α,β-unsaturated/α-hetero) is 1. The Morgan fingerprint density at radius 1 is 0.889 bits per heavy atom. The summed E-state index contributed by atoms with van der Waals surface area (Å²) in [5, 5.41) is 0. The minimum atomic E-state index is 0.146. The Balaban J connectivity index is 1.65. The van der Waals surface area contributed by atoms with Crippen LogP contribution in [0, 0.1) is 5.92 Å². The second kappa shape index (κ2) is 4.65. The molecule has 2 aromatic carbocycles. The molecule has 2 heteroatoms. The molecule has 1 saturated heterocycles. The lowest BCUT2D eigenvalue weighted by Crippen LogP contribution is -2.50. The predicted octanol–water partition coefficient (Wildman–Crippen LogP) is 3.01. The molecule has 0 saturated carbocycles. The Hall–Kier alpha value is -2.09. The van der Waals surface area contributed by atoms with Crippen molar-refractivity contribution in [2.24, 2.45) is 5.92 Å². The number of ketones is 1. The second-order valence-corrected chi connectivity index (χ2v) is 4.67. The van der Waals surface area contributed by atoms with Gasteiger partial charge in [0.2, 0.25) is 0 Å². The standard InChI is InChI=1S/C16H15NO/c18-16(13-7-3-1-4-8-13)14-11-17(12-14)15-9-5-2-6-10-15/h1-10,14H,11-12H2. The molecule has 0 unspecified atom stereocenters. The van der Waals surface area contributed by atoms with Crippen LogP contribution in [0.2, 0.25) is 0 Å². The Morgan fingerprint density at radius 2 is 1.44 bits per heavy atom. The van der Waals surface area contributed by atoms with Gasteiger partial charge in [0.15, 0.2) is 5.78 Å². The molecular weight excluding hydrogens is 222 g/mol. The zero-order valence-corrected chi connectivity index (χ0v) is 10.1. The van der Waals surface area contributed by atoms with Gasteiger partial charge >= 0.3 is 0 Å². The number of carbonyl (C=O) groups excluding carboxylic acids is 1. The highest BCUT2D eigenvalue weighted by Crippen LogP contribution is 2.26. The van der Waals surface area contributed by atoms with Gasteiger partial charge in [-0.3, -0.25) is 4.79 Å².